The Bertz CT molecular complexity index is 328. The summed E-state index contributed by atoms with van der Waals surface area (Å²) in [4.78, 5) is 12.1. The summed E-state index contributed by atoms with van der Waals surface area (Å²) >= 11 is 0. The molecule has 0 heterocycles. The first-order chi connectivity index (χ1) is 6.29. The molecule has 13 heavy (non-hydrogen) atoms. The normalized spacial score (nSPS) is 8.62. The smallest absolute Gasteiger partial charge is 0.335 e. The van der Waals surface area contributed by atoms with Crippen LogP contribution in [0.4, 0.5) is 10.5 Å². The molecule has 1 aromatic carbocycles. The van der Waals surface area contributed by atoms with Gasteiger partial charge in [-0.2, -0.15) is 10.2 Å². The SMILES string of the molecule is CNC(=O)N(C#N)c1ccccc1. The van der Waals surface area contributed by atoms with Crippen molar-refractivity contribution in [2.75, 3.05) is 11.9 Å². The summed E-state index contributed by atoms with van der Waals surface area (Å²) in [6.45, 7) is 0. The molecule has 1 aromatic rings. The van der Waals surface area contributed by atoms with Crippen LogP contribution in [0.15, 0.2) is 30.3 Å². The summed E-state index contributed by atoms with van der Waals surface area (Å²) in [6, 6.07) is 8.30. The van der Waals surface area contributed by atoms with Crippen molar-refractivity contribution in [2.45, 2.75) is 0 Å². The molecule has 0 radical (unpaired) electrons. The molecule has 2 amide bonds. The Morgan fingerprint density at radius 1 is 1.46 bits per heavy atom. The van der Waals surface area contributed by atoms with Crippen molar-refractivity contribution < 1.29 is 4.79 Å². The summed E-state index contributed by atoms with van der Waals surface area (Å²) in [5.41, 5.74) is 0.560. The second-order valence-corrected chi connectivity index (χ2v) is 2.33. The molecule has 0 saturated heterocycles. The fourth-order valence-electron chi connectivity index (χ4n) is 0.909. The highest BCUT2D eigenvalue weighted by Crippen LogP contribution is 2.11. The molecule has 0 spiro atoms. The largest absolute Gasteiger partial charge is 0.340 e. The van der Waals surface area contributed by atoms with Crippen LogP contribution in [0, 0.1) is 11.5 Å². The summed E-state index contributed by atoms with van der Waals surface area (Å²) in [5.74, 6) is 0. The Morgan fingerprint density at radius 2 is 2.08 bits per heavy atom. The van der Waals surface area contributed by atoms with Crippen LogP contribution < -0.4 is 10.2 Å². The number of nitrogens with zero attached hydrogens (tertiary/aromatic N) is 2. The standard InChI is InChI=1S/C9H9N3O/c1-11-9(13)12(7-10)8-5-3-2-4-6-8/h2-6H,1H3,(H,11,13). The number of anilines is 1. The highest BCUT2D eigenvalue weighted by Gasteiger charge is 2.11. The third-order valence-corrected chi connectivity index (χ3v) is 1.53. The van der Waals surface area contributed by atoms with Gasteiger partial charge >= 0.3 is 6.03 Å². The van der Waals surface area contributed by atoms with E-state index in [9.17, 15) is 4.79 Å². The third kappa shape index (κ3) is 1.97. The molecule has 0 aliphatic heterocycles. The minimum absolute atomic E-state index is 0.436. The monoisotopic (exact) mass is 175 g/mol. The van der Waals surface area contributed by atoms with E-state index in [1.165, 1.54) is 7.05 Å². The molecule has 1 N–H and O–H groups in total. The van der Waals surface area contributed by atoms with Gasteiger partial charge in [0.15, 0.2) is 6.19 Å². The van der Waals surface area contributed by atoms with Crippen molar-refractivity contribution in [1.29, 1.82) is 5.26 Å². The summed E-state index contributed by atoms with van der Waals surface area (Å²) in [5, 5.41) is 11.1. The second-order valence-electron chi connectivity index (χ2n) is 2.33. The van der Waals surface area contributed by atoms with Gasteiger partial charge in [0.25, 0.3) is 0 Å². The molecule has 1 rings (SSSR count). The highest BCUT2D eigenvalue weighted by atomic mass is 16.2. The van der Waals surface area contributed by atoms with Gasteiger partial charge in [0.2, 0.25) is 0 Å². The quantitative estimate of drug-likeness (QED) is 0.516. The number of benzene rings is 1. The van der Waals surface area contributed by atoms with Crippen LogP contribution in [-0.4, -0.2) is 13.1 Å². The van der Waals surface area contributed by atoms with Crippen molar-refractivity contribution >= 4 is 11.7 Å². The molecular formula is C9H9N3O. The lowest BCUT2D eigenvalue weighted by Gasteiger charge is -2.11. The molecule has 4 nitrogen and oxygen atoms in total. The van der Waals surface area contributed by atoms with Gasteiger partial charge in [-0.05, 0) is 12.1 Å². The van der Waals surface area contributed by atoms with Gasteiger partial charge in [-0.1, -0.05) is 18.2 Å². The van der Waals surface area contributed by atoms with Crippen LogP contribution in [0.2, 0.25) is 0 Å². The molecule has 0 aromatic heterocycles. The van der Waals surface area contributed by atoms with Gasteiger partial charge in [0.05, 0.1) is 5.69 Å². The number of hydrogen-bond acceptors (Lipinski definition) is 2. The first-order valence-electron chi connectivity index (χ1n) is 3.76. The third-order valence-electron chi connectivity index (χ3n) is 1.53. The van der Waals surface area contributed by atoms with E-state index in [-0.39, 0.29) is 0 Å². The van der Waals surface area contributed by atoms with Crippen LogP contribution in [0.25, 0.3) is 0 Å². The van der Waals surface area contributed by atoms with E-state index < -0.39 is 6.03 Å². The zero-order valence-electron chi connectivity index (χ0n) is 7.19. The van der Waals surface area contributed by atoms with E-state index in [1.54, 1.807) is 30.5 Å². The number of urea groups is 1. The second kappa shape index (κ2) is 4.12. The van der Waals surface area contributed by atoms with Crippen molar-refractivity contribution in [3.63, 3.8) is 0 Å². The lowest BCUT2D eigenvalue weighted by molar-refractivity contribution is 0.250. The van der Waals surface area contributed by atoms with Crippen LogP contribution in [-0.2, 0) is 0 Å². The fraction of sp³-hybridized carbons (Fsp3) is 0.111. The van der Waals surface area contributed by atoms with E-state index in [4.69, 9.17) is 5.26 Å². The molecule has 4 heteroatoms. The van der Waals surface area contributed by atoms with Crippen LogP contribution in [0.3, 0.4) is 0 Å². The predicted molar refractivity (Wildman–Crippen MR) is 49.0 cm³/mol. The molecular weight excluding hydrogens is 166 g/mol. The number of para-hydroxylation sites is 1. The predicted octanol–water partition coefficient (Wildman–Crippen LogP) is 1.31. The molecule has 0 unspecified atom stereocenters. The van der Waals surface area contributed by atoms with Gasteiger partial charge < -0.3 is 5.32 Å². The van der Waals surface area contributed by atoms with E-state index in [1.807, 2.05) is 6.07 Å². The molecule has 0 aliphatic carbocycles. The topological polar surface area (TPSA) is 56.1 Å². The zero-order chi connectivity index (χ0) is 9.68. The summed E-state index contributed by atoms with van der Waals surface area (Å²) in [7, 11) is 1.48. The minimum Gasteiger partial charge on any atom is -0.340 e. The lowest BCUT2D eigenvalue weighted by atomic mass is 10.3. The molecule has 0 saturated carbocycles. The average molecular weight is 175 g/mol. The van der Waals surface area contributed by atoms with Crippen LogP contribution in [0.5, 0.6) is 0 Å². The van der Waals surface area contributed by atoms with Gasteiger partial charge in [-0.3, -0.25) is 0 Å². The molecule has 0 atom stereocenters. The maximum Gasteiger partial charge on any atom is 0.335 e. The highest BCUT2D eigenvalue weighted by molar-refractivity contribution is 5.94. The number of carbonyl (C=O) groups is 1. The Hall–Kier alpha value is -2.02. The molecule has 66 valence electrons. The van der Waals surface area contributed by atoms with Gasteiger partial charge in [-0.15, -0.1) is 0 Å². The maximum atomic E-state index is 11.1. The zero-order valence-corrected chi connectivity index (χ0v) is 7.19. The molecule has 0 fully saturated rings. The van der Waals surface area contributed by atoms with Crippen LogP contribution in [0.1, 0.15) is 0 Å². The average Bonchev–Trinajstić information content (AvgIpc) is 2.20. The molecule has 0 aliphatic rings. The first-order valence-corrected chi connectivity index (χ1v) is 3.76. The lowest BCUT2D eigenvalue weighted by Crippen LogP contribution is -2.34. The van der Waals surface area contributed by atoms with E-state index >= 15 is 0 Å². The van der Waals surface area contributed by atoms with E-state index in [2.05, 4.69) is 5.32 Å². The van der Waals surface area contributed by atoms with Crippen LogP contribution >= 0.6 is 0 Å². The number of hydrogen-bond donors (Lipinski definition) is 1. The number of nitrogens with one attached hydrogen (secondary N) is 1. The van der Waals surface area contributed by atoms with Crippen molar-refractivity contribution in [3.05, 3.63) is 30.3 Å². The Balaban J connectivity index is 2.93. The van der Waals surface area contributed by atoms with Gasteiger partial charge in [0.1, 0.15) is 0 Å². The van der Waals surface area contributed by atoms with Crippen molar-refractivity contribution in [1.82, 2.24) is 5.32 Å². The first kappa shape index (κ1) is 9.07. The number of amides is 2. The van der Waals surface area contributed by atoms with Gasteiger partial charge in [-0.25, -0.2) is 4.79 Å². The molecule has 0 bridgehead atoms. The van der Waals surface area contributed by atoms with Crippen molar-refractivity contribution in [2.24, 2.45) is 0 Å². The number of nitriles is 1. The summed E-state index contributed by atoms with van der Waals surface area (Å²) < 4.78 is 0. The number of rotatable bonds is 1. The minimum atomic E-state index is -0.436. The Labute approximate surface area is 76.4 Å². The van der Waals surface area contributed by atoms with E-state index in [0.717, 1.165) is 4.90 Å². The Morgan fingerprint density at radius 3 is 2.54 bits per heavy atom. The summed E-state index contributed by atoms with van der Waals surface area (Å²) in [6.07, 6.45) is 1.79. The maximum absolute atomic E-state index is 11.1. The number of carbonyl (C=O) groups excluding carboxylic acids is 1. The van der Waals surface area contributed by atoms with Gasteiger partial charge in [0, 0.05) is 7.05 Å². The van der Waals surface area contributed by atoms with Crippen molar-refractivity contribution in [3.8, 4) is 6.19 Å². The van der Waals surface area contributed by atoms with E-state index in [0.29, 0.717) is 5.69 Å². The Kier molecular flexibility index (Phi) is 2.87. The fourth-order valence-corrected chi connectivity index (χ4v) is 0.909.